The van der Waals surface area contributed by atoms with Crippen LogP contribution < -0.4 is 14.8 Å². The van der Waals surface area contributed by atoms with Crippen molar-refractivity contribution < 1.29 is 9.47 Å². The molecule has 1 aliphatic rings. The fourth-order valence-electron chi connectivity index (χ4n) is 1.77. The number of nitrogens with zero attached hydrogens (tertiary/aromatic N) is 3. The van der Waals surface area contributed by atoms with Crippen LogP contribution >= 0.6 is 0 Å². The van der Waals surface area contributed by atoms with Crippen molar-refractivity contribution in [3.63, 3.8) is 0 Å². The Morgan fingerprint density at radius 3 is 2.84 bits per heavy atom. The number of hydrogen-bond donors (Lipinski definition) is 1. The smallest absolute Gasteiger partial charge is 0.171 e. The molecule has 19 heavy (non-hydrogen) atoms. The van der Waals surface area contributed by atoms with Crippen LogP contribution in [0.3, 0.4) is 0 Å². The Bertz CT molecular complexity index is 651. The molecule has 2 heterocycles. The highest BCUT2D eigenvalue weighted by Gasteiger charge is 2.12. The lowest BCUT2D eigenvalue weighted by atomic mass is 10.2. The fourth-order valence-corrected chi connectivity index (χ4v) is 1.77. The second-order valence-electron chi connectivity index (χ2n) is 3.89. The zero-order chi connectivity index (χ0) is 13.1. The van der Waals surface area contributed by atoms with Crippen molar-refractivity contribution in [2.24, 2.45) is 0 Å². The summed E-state index contributed by atoms with van der Waals surface area (Å²) in [5.74, 6) is 1.82. The lowest BCUT2D eigenvalue weighted by Crippen LogP contribution is -2.15. The first-order chi connectivity index (χ1) is 9.36. The Kier molecular flexibility index (Phi) is 2.86. The van der Waals surface area contributed by atoms with Gasteiger partial charge < -0.3 is 14.8 Å². The number of ether oxygens (including phenoxy) is 2. The van der Waals surface area contributed by atoms with Crippen LogP contribution in [0.25, 0.3) is 0 Å². The maximum atomic E-state index is 8.99. The van der Waals surface area contributed by atoms with Gasteiger partial charge in [-0.25, -0.2) is 0 Å². The van der Waals surface area contributed by atoms with Crippen molar-refractivity contribution >= 4 is 11.5 Å². The molecule has 1 aromatic carbocycles. The quantitative estimate of drug-likeness (QED) is 0.881. The normalized spacial score (nSPS) is 12.6. The van der Waals surface area contributed by atoms with Crippen LogP contribution in [0, 0.1) is 11.3 Å². The summed E-state index contributed by atoms with van der Waals surface area (Å²) in [6, 6.07) is 9.13. The highest BCUT2D eigenvalue weighted by molar-refractivity contribution is 5.65. The van der Waals surface area contributed by atoms with Crippen LogP contribution in [0.2, 0.25) is 0 Å². The summed E-state index contributed by atoms with van der Waals surface area (Å²) >= 11 is 0. The van der Waals surface area contributed by atoms with Gasteiger partial charge >= 0.3 is 0 Å². The first-order valence-electron chi connectivity index (χ1n) is 5.75. The second-order valence-corrected chi connectivity index (χ2v) is 3.89. The molecule has 0 bridgehead atoms. The fraction of sp³-hybridized carbons (Fsp3) is 0.154. The predicted molar refractivity (Wildman–Crippen MR) is 67.5 cm³/mol. The SMILES string of the molecule is N#Cc1ccnnc1Nc1ccc2c(c1)OCCO2. The second kappa shape index (κ2) is 4.82. The average Bonchev–Trinajstić information content (AvgIpc) is 2.48. The summed E-state index contributed by atoms with van der Waals surface area (Å²) in [5, 5.41) is 19.7. The van der Waals surface area contributed by atoms with Crippen molar-refractivity contribution in [3.8, 4) is 17.6 Å². The molecule has 6 nitrogen and oxygen atoms in total. The van der Waals surface area contributed by atoms with Crippen LogP contribution in [0.1, 0.15) is 5.56 Å². The van der Waals surface area contributed by atoms with Gasteiger partial charge in [0.25, 0.3) is 0 Å². The van der Waals surface area contributed by atoms with Gasteiger partial charge in [-0.15, -0.1) is 5.10 Å². The molecule has 6 heteroatoms. The van der Waals surface area contributed by atoms with Gasteiger partial charge in [0.2, 0.25) is 0 Å². The molecular formula is C13H10N4O2. The van der Waals surface area contributed by atoms with E-state index in [9.17, 15) is 0 Å². The van der Waals surface area contributed by atoms with Gasteiger partial charge in [-0.1, -0.05) is 0 Å². The predicted octanol–water partition coefficient (Wildman–Crippen LogP) is 1.86. The molecule has 1 aromatic heterocycles. The molecule has 0 radical (unpaired) electrons. The van der Waals surface area contributed by atoms with Crippen LogP contribution in [0.4, 0.5) is 11.5 Å². The van der Waals surface area contributed by atoms with E-state index in [0.717, 1.165) is 11.4 Å². The highest BCUT2D eigenvalue weighted by atomic mass is 16.6. The minimum atomic E-state index is 0.418. The molecule has 1 N–H and O–H groups in total. The van der Waals surface area contributed by atoms with Crippen molar-refractivity contribution in [2.45, 2.75) is 0 Å². The summed E-state index contributed by atoms with van der Waals surface area (Å²) in [7, 11) is 0. The summed E-state index contributed by atoms with van der Waals surface area (Å²) in [4.78, 5) is 0. The lowest BCUT2D eigenvalue weighted by Gasteiger charge is -2.19. The average molecular weight is 254 g/mol. The molecule has 1 aliphatic heterocycles. The number of benzene rings is 1. The molecule has 0 aliphatic carbocycles. The monoisotopic (exact) mass is 254 g/mol. The zero-order valence-electron chi connectivity index (χ0n) is 9.96. The molecular weight excluding hydrogens is 244 g/mol. The number of fused-ring (bicyclic) bond motifs is 1. The number of aromatic nitrogens is 2. The molecule has 94 valence electrons. The van der Waals surface area contributed by atoms with E-state index in [1.165, 1.54) is 6.20 Å². The Balaban J connectivity index is 1.89. The van der Waals surface area contributed by atoms with Crippen molar-refractivity contribution in [3.05, 3.63) is 36.0 Å². The standard InChI is InChI=1S/C13H10N4O2/c14-8-9-3-4-15-17-13(9)16-10-1-2-11-12(7-10)19-6-5-18-11/h1-4,7H,5-6H2,(H,16,17). The van der Waals surface area contributed by atoms with E-state index < -0.39 is 0 Å². The molecule has 0 atom stereocenters. The molecule has 2 aromatic rings. The molecule has 0 fully saturated rings. The van der Waals surface area contributed by atoms with Crippen LogP contribution in [0.5, 0.6) is 11.5 Å². The third-order valence-corrected chi connectivity index (χ3v) is 2.65. The minimum Gasteiger partial charge on any atom is -0.486 e. The van der Waals surface area contributed by atoms with Gasteiger partial charge in [-0.3, -0.25) is 0 Å². The third kappa shape index (κ3) is 2.26. The molecule has 0 unspecified atom stereocenters. The first kappa shape index (κ1) is 11.3. The maximum Gasteiger partial charge on any atom is 0.171 e. The highest BCUT2D eigenvalue weighted by Crippen LogP contribution is 2.33. The van der Waals surface area contributed by atoms with Gasteiger partial charge in [-0.2, -0.15) is 10.4 Å². The van der Waals surface area contributed by atoms with Gasteiger partial charge in [0, 0.05) is 11.8 Å². The number of nitrogens with one attached hydrogen (secondary N) is 1. The van der Waals surface area contributed by atoms with E-state index in [2.05, 4.69) is 21.6 Å². The van der Waals surface area contributed by atoms with E-state index in [-0.39, 0.29) is 0 Å². The lowest BCUT2D eigenvalue weighted by molar-refractivity contribution is 0.171. The minimum absolute atomic E-state index is 0.418. The summed E-state index contributed by atoms with van der Waals surface area (Å²) < 4.78 is 10.9. The largest absolute Gasteiger partial charge is 0.486 e. The van der Waals surface area contributed by atoms with Crippen molar-refractivity contribution in [1.82, 2.24) is 10.2 Å². The Morgan fingerprint density at radius 1 is 1.16 bits per heavy atom. The number of anilines is 2. The van der Waals surface area contributed by atoms with Gasteiger partial charge in [0.1, 0.15) is 19.3 Å². The summed E-state index contributed by atoms with van der Waals surface area (Å²) in [5.41, 5.74) is 1.20. The summed E-state index contributed by atoms with van der Waals surface area (Å²) in [6.45, 7) is 1.09. The first-order valence-corrected chi connectivity index (χ1v) is 5.75. The molecule has 0 amide bonds. The van der Waals surface area contributed by atoms with E-state index >= 15 is 0 Å². The number of hydrogen-bond acceptors (Lipinski definition) is 6. The molecule has 0 saturated carbocycles. The van der Waals surface area contributed by atoms with Gasteiger partial charge in [-0.05, 0) is 18.2 Å². The maximum absolute atomic E-state index is 8.99. The Hall–Kier alpha value is -2.81. The van der Waals surface area contributed by atoms with Crippen LogP contribution in [-0.4, -0.2) is 23.4 Å². The molecule has 0 spiro atoms. The van der Waals surface area contributed by atoms with Gasteiger partial charge in [0.15, 0.2) is 17.3 Å². The van der Waals surface area contributed by atoms with E-state index in [1.807, 2.05) is 18.2 Å². The third-order valence-electron chi connectivity index (χ3n) is 2.65. The Labute approximate surface area is 109 Å². The van der Waals surface area contributed by atoms with Crippen LogP contribution in [0.15, 0.2) is 30.5 Å². The van der Waals surface area contributed by atoms with Crippen molar-refractivity contribution in [2.75, 3.05) is 18.5 Å². The van der Waals surface area contributed by atoms with Gasteiger partial charge in [0.05, 0.1) is 11.8 Å². The zero-order valence-corrected chi connectivity index (χ0v) is 9.96. The topological polar surface area (TPSA) is 80.1 Å². The van der Waals surface area contributed by atoms with Crippen LogP contribution in [-0.2, 0) is 0 Å². The number of nitriles is 1. The number of rotatable bonds is 2. The van der Waals surface area contributed by atoms with E-state index in [4.69, 9.17) is 14.7 Å². The summed E-state index contributed by atoms with van der Waals surface area (Å²) in [6.07, 6.45) is 1.48. The van der Waals surface area contributed by atoms with Crippen molar-refractivity contribution in [1.29, 1.82) is 5.26 Å². The molecule has 0 saturated heterocycles. The Morgan fingerprint density at radius 2 is 2.00 bits per heavy atom. The van der Waals surface area contributed by atoms with E-state index in [0.29, 0.717) is 30.3 Å². The van der Waals surface area contributed by atoms with E-state index in [1.54, 1.807) is 6.07 Å². The molecule has 3 rings (SSSR count).